The fourth-order valence-electron chi connectivity index (χ4n) is 4.35. The summed E-state index contributed by atoms with van der Waals surface area (Å²) >= 11 is 0. The molecule has 5 rings (SSSR count). The maximum Gasteiger partial charge on any atom is 0.256 e. The van der Waals surface area contributed by atoms with Crippen LogP contribution in [0.1, 0.15) is 46.2 Å². The van der Waals surface area contributed by atoms with Crippen LogP contribution in [0.15, 0.2) is 101 Å². The van der Waals surface area contributed by atoms with Gasteiger partial charge in [-0.25, -0.2) is 0 Å². The molecule has 1 aliphatic heterocycles. The van der Waals surface area contributed by atoms with Gasteiger partial charge in [0.05, 0.1) is 17.3 Å². The second kappa shape index (κ2) is 9.84. The first kappa shape index (κ1) is 23.6. The van der Waals surface area contributed by atoms with Crippen molar-refractivity contribution in [3.63, 3.8) is 0 Å². The lowest BCUT2D eigenvalue weighted by atomic mass is 10.0. The van der Waals surface area contributed by atoms with E-state index in [0.29, 0.717) is 16.8 Å². The number of nitrogens with one attached hydrogen (secondary N) is 2. The molecular weight excluding hydrogens is 468 g/mol. The molecule has 4 aromatic carbocycles. The molecule has 4 aromatic rings. The summed E-state index contributed by atoms with van der Waals surface area (Å²) < 4.78 is 0. The van der Waals surface area contributed by atoms with Crippen LogP contribution in [0, 0.1) is 0 Å². The van der Waals surface area contributed by atoms with Crippen LogP contribution < -0.4 is 10.6 Å². The Morgan fingerprint density at radius 1 is 0.917 bits per heavy atom. The highest BCUT2D eigenvalue weighted by atomic mass is 32.2. The Kier molecular flexibility index (Phi) is 6.44. The number of rotatable bonds is 4. The van der Waals surface area contributed by atoms with Crippen LogP contribution in [0.4, 0.5) is 5.69 Å². The van der Waals surface area contributed by atoms with Crippen molar-refractivity contribution in [2.75, 3.05) is 5.32 Å². The van der Waals surface area contributed by atoms with Gasteiger partial charge in [-0.3, -0.25) is 9.59 Å². The maximum absolute atomic E-state index is 13.1. The summed E-state index contributed by atoms with van der Waals surface area (Å²) in [6.07, 6.45) is 0. The van der Waals surface area contributed by atoms with Gasteiger partial charge in [0.2, 0.25) is 0 Å². The third kappa shape index (κ3) is 4.55. The zero-order valence-electron chi connectivity index (χ0n) is 20.0. The molecule has 2 atom stereocenters. The molecule has 0 bridgehead atoms. The van der Waals surface area contributed by atoms with Crippen LogP contribution in [-0.2, 0) is 0 Å². The van der Waals surface area contributed by atoms with Gasteiger partial charge in [-0.2, -0.15) is 0 Å². The van der Waals surface area contributed by atoms with Crippen LogP contribution in [-0.4, -0.2) is 22.3 Å². The Morgan fingerprint density at radius 3 is 2.28 bits per heavy atom. The summed E-state index contributed by atoms with van der Waals surface area (Å²) in [6, 6.07) is 28.0. The molecule has 6 heteroatoms. The van der Waals surface area contributed by atoms with Crippen molar-refractivity contribution < 1.29 is 14.7 Å². The number of hydrogen-bond acceptors (Lipinski definition) is 3. The molecule has 3 N–H and O–H groups in total. The summed E-state index contributed by atoms with van der Waals surface area (Å²) in [5, 5.41) is 17.7. The molecule has 36 heavy (non-hydrogen) atoms. The monoisotopic (exact) mass is 494 g/mol. The second-order valence-electron chi connectivity index (χ2n) is 8.60. The van der Waals surface area contributed by atoms with E-state index in [4.69, 9.17) is 0 Å². The summed E-state index contributed by atoms with van der Waals surface area (Å²) in [4.78, 5) is 28.0. The van der Waals surface area contributed by atoms with Gasteiger partial charge < -0.3 is 15.7 Å². The lowest BCUT2D eigenvalue weighted by Gasteiger charge is -2.17. The minimum Gasteiger partial charge on any atom is -0.508 e. The van der Waals surface area contributed by atoms with Crippen LogP contribution in [0.2, 0.25) is 0 Å². The smallest absolute Gasteiger partial charge is 0.256 e. The Bertz CT molecular complexity index is 1490. The predicted octanol–water partition coefficient (Wildman–Crippen LogP) is 6.62. The van der Waals surface area contributed by atoms with E-state index in [0.717, 1.165) is 26.5 Å². The van der Waals surface area contributed by atoms with Gasteiger partial charge >= 0.3 is 0 Å². The molecule has 0 aromatic heterocycles. The van der Waals surface area contributed by atoms with E-state index in [1.54, 1.807) is 18.2 Å². The quantitative estimate of drug-likeness (QED) is 0.279. The summed E-state index contributed by atoms with van der Waals surface area (Å²) in [5.41, 5.74) is 4.83. The highest BCUT2D eigenvalue weighted by Gasteiger charge is 2.23. The number of benzene rings is 4. The molecule has 2 amide bonds. The highest BCUT2D eigenvalue weighted by Crippen LogP contribution is 2.44. The van der Waals surface area contributed by atoms with E-state index < -0.39 is 0 Å². The predicted molar refractivity (Wildman–Crippen MR) is 146 cm³/mol. The number of carbonyl (C=O) groups excluding carboxylic acids is 2. The zero-order chi connectivity index (χ0) is 25.2. The van der Waals surface area contributed by atoms with Crippen molar-refractivity contribution >= 4 is 33.4 Å². The van der Waals surface area contributed by atoms with Crippen molar-refractivity contribution in [2.24, 2.45) is 0 Å². The molecule has 0 spiro atoms. The molecule has 180 valence electrons. The second-order valence-corrected chi connectivity index (χ2v) is 10.6. The highest BCUT2D eigenvalue weighted by molar-refractivity contribution is 8.15. The van der Waals surface area contributed by atoms with Gasteiger partial charge in [0, 0.05) is 15.4 Å². The van der Waals surface area contributed by atoms with Crippen molar-refractivity contribution in [3.05, 3.63) is 108 Å². The number of aromatic hydroxyl groups is 1. The first-order chi connectivity index (χ1) is 17.4. The molecule has 0 aliphatic carbocycles. The average Bonchev–Trinajstić information content (AvgIpc) is 3.02. The van der Waals surface area contributed by atoms with Gasteiger partial charge in [-0.1, -0.05) is 53.9 Å². The molecule has 1 unspecified atom stereocenters. The maximum atomic E-state index is 13.1. The van der Waals surface area contributed by atoms with E-state index in [-0.39, 0.29) is 34.1 Å². The summed E-state index contributed by atoms with van der Waals surface area (Å²) in [7, 11) is -0.375. The average molecular weight is 495 g/mol. The summed E-state index contributed by atoms with van der Waals surface area (Å²) in [6.45, 7) is 3.94. The van der Waals surface area contributed by atoms with Crippen LogP contribution in [0.3, 0.4) is 0 Å². The van der Waals surface area contributed by atoms with Gasteiger partial charge in [0.1, 0.15) is 5.75 Å². The van der Waals surface area contributed by atoms with Crippen LogP contribution >= 0.6 is 10.5 Å². The lowest BCUT2D eigenvalue weighted by molar-refractivity contribution is 0.0938. The SMILES string of the molecule is C/C=S1/c2ccc(C(=O)N[C@H](C)c3ccc(-c4ccc(O)cc4)cc3)cc2NC(=O)c2ccccc21. The number of anilines is 1. The van der Waals surface area contributed by atoms with E-state index in [9.17, 15) is 14.7 Å². The molecular formula is C30H26N2O3S. The Hall–Kier alpha value is -4.16. The Labute approximate surface area is 212 Å². The van der Waals surface area contributed by atoms with Gasteiger partial charge in [-0.05, 0) is 73.0 Å². The number of phenolic OH excluding ortho intramolecular Hbond substituents is 1. The van der Waals surface area contributed by atoms with E-state index in [1.807, 2.05) is 86.6 Å². The molecule has 0 radical (unpaired) electrons. The number of amides is 2. The minimum absolute atomic E-state index is 0.164. The van der Waals surface area contributed by atoms with E-state index in [2.05, 4.69) is 16.0 Å². The van der Waals surface area contributed by atoms with Crippen LogP contribution in [0.5, 0.6) is 5.75 Å². The fourth-order valence-corrected chi connectivity index (χ4v) is 6.28. The Balaban J connectivity index is 1.35. The lowest BCUT2D eigenvalue weighted by Crippen LogP contribution is -2.26. The van der Waals surface area contributed by atoms with E-state index in [1.165, 1.54) is 0 Å². The van der Waals surface area contributed by atoms with Crippen molar-refractivity contribution in [2.45, 2.75) is 29.7 Å². The number of hydrogen-bond donors (Lipinski definition) is 3. The topological polar surface area (TPSA) is 78.4 Å². The van der Waals surface area contributed by atoms with Crippen LogP contribution in [0.25, 0.3) is 11.1 Å². The van der Waals surface area contributed by atoms with Crippen molar-refractivity contribution in [1.82, 2.24) is 5.32 Å². The molecule has 1 heterocycles. The third-order valence-corrected chi connectivity index (χ3v) is 8.42. The standard InChI is InChI=1S/C30H26N2O3S/c1-3-36-27-7-5-4-6-25(27)30(35)32-26-18-23(14-17-28(26)36)29(34)31-19(2)20-8-10-21(11-9-20)22-12-15-24(33)16-13-22/h3-19,33H,1-2H3,(H,31,34)(H,32,35)/t19-,36?/m1/s1. The van der Waals surface area contributed by atoms with Crippen molar-refractivity contribution in [1.29, 1.82) is 0 Å². The molecule has 0 fully saturated rings. The minimum atomic E-state index is -0.375. The third-order valence-electron chi connectivity index (χ3n) is 6.29. The number of phenols is 1. The van der Waals surface area contributed by atoms with E-state index >= 15 is 0 Å². The zero-order valence-corrected chi connectivity index (χ0v) is 20.8. The molecule has 0 saturated heterocycles. The number of fused-ring (bicyclic) bond motifs is 2. The van der Waals surface area contributed by atoms with Gasteiger partial charge in [0.15, 0.2) is 0 Å². The first-order valence-electron chi connectivity index (χ1n) is 11.7. The molecule has 5 nitrogen and oxygen atoms in total. The molecule has 0 saturated carbocycles. The fraction of sp³-hybridized carbons (Fsp3) is 0.100. The van der Waals surface area contributed by atoms with Gasteiger partial charge in [0.25, 0.3) is 11.8 Å². The van der Waals surface area contributed by atoms with Crippen molar-refractivity contribution in [3.8, 4) is 16.9 Å². The first-order valence-corrected chi connectivity index (χ1v) is 13.0. The largest absolute Gasteiger partial charge is 0.508 e. The normalized spacial score (nSPS) is 15.3. The summed E-state index contributed by atoms with van der Waals surface area (Å²) in [5.74, 6) is -0.134. The molecule has 1 aliphatic rings. The van der Waals surface area contributed by atoms with Gasteiger partial charge in [-0.15, -0.1) is 10.5 Å². The number of carbonyl (C=O) groups is 2. The Morgan fingerprint density at radius 2 is 1.58 bits per heavy atom.